The van der Waals surface area contributed by atoms with Crippen LogP contribution in [0, 0.1) is 12.8 Å². The Balaban J connectivity index is 1.99. The molecular weight excluding hydrogens is 441 g/mol. The number of anilines is 1. The maximum atomic E-state index is 12.8. The molecule has 0 fully saturated rings. The molecule has 0 amide bonds. The maximum absolute atomic E-state index is 12.8. The highest BCUT2D eigenvalue weighted by Gasteiger charge is 2.30. The molecule has 32 heavy (non-hydrogen) atoms. The molecule has 0 saturated heterocycles. The number of nitrogens with zero attached hydrogens (tertiary/aromatic N) is 2. The summed E-state index contributed by atoms with van der Waals surface area (Å²) in [5.74, 6) is 0.470. The SMILES string of the molecule is Cc1cc(SCC/C(=N\N(C)c2ccc(C(F)(F)F)cc2)C(C)C)ccc1OCC(=O)O. The van der Waals surface area contributed by atoms with E-state index in [4.69, 9.17) is 9.84 Å². The van der Waals surface area contributed by atoms with Crippen LogP contribution in [0.15, 0.2) is 52.5 Å². The first-order valence-electron chi connectivity index (χ1n) is 10.0. The van der Waals surface area contributed by atoms with E-state index in [-0.39, 0.29) is 12.5 Å². The van der Waals surface area contributed by atoms with E-state index in [0.717, 1.165) is 34.1 Å². The van der Waals surface area contributed by atoms with Crippen molar-refractivity contribution in [2.45, 2.75) is 38.3 Å². The topological polar surface area (TPSA) is 62.1 Å². The van der Waals surface area contributed by atoms with Crippen LogP contribution in [0.2, 0.25) is 0 Å². The first-order chi connectivity index (χ1) is 15.0. The van der Waals surface area contributed by atoms with Crippen molar-refractivity contribution in [2.75, 3.05) is 24.4 Å². The Kier molecular flexibility index (Phi) is 9.00. The van der Waals surface area contributed by atoms with Gasteiger partial charge in [0, 0.05) is 23.4 Å². The highest BCUT2D eigenvalue weighted by molar-refractivity contribution is 7.99. The van der Waals surface area contributed by atoms with Crippen LogP contribution in [0.4, 0.5) is 18.9 Å². The van der Waals surface area contributed by atoms with E-state index in [2.05, 4.69) is 5.10 Å². The van der Waals surface area contributed by atoms with Crippen molar-refractivity contribution in [1.29, 1.82) is 0 Å². The molecule has 2 aromatic rings. The van der Waals surface area contributed by atoms with Gasteiger partial charge in [-0.15, -0.1) is 11.8 Å². The number of carboxylic acids is 1. The number of halogens is 3. The molecule has 2 rings (SSSR count). The minimum atomic E-state index is -4.36. The first kappa shape index (κ1) is 25.6. The third-order valence-corrected chi connectivity index (χ3v) is 5.63. The molecule has 5 nitrogen and oxygen atoms in total. The molecule has 1 N–H and O–H groups in total. The van der Waals surface area contributed by atoms with E-state index in [1.807, 2.05) is 32.9 Å². The van der Waals surface area contributed by atoms with Crippen LogP contribution in [0.1, 0.15) is 31.4 Å². The Morgan fingerprint density at radius 2 is 1.84 bits per heavy atom. The van der Waals surface area contributed by atoms with Gasteiger partial charge in [-0.2, -0.15) is 18.3 Å². The number of carbonyl (C=O) groups is 1. The lowest BCUT2D eigenvalue weighted by Crippen LogP contribution is -2.18. The fourth-order valence-corrected chi connectivity index (χ4v) is 3.83. The van der Waals surface area contributed by atoms with E-state index in [0.29, 0.717) is 17.9 Å². The van der Waals surface area contributed by atoms with Gasteiger partial charge in [0.05, 0.1) is 11.3 Å². The summed E-state index contributed by atoms with van der Waals surface area (Å²) < 4.78 is 43.5. The quantitative estimate of drug-likeness (QED) is 0.259. The lowest BCUT2D eigenvalue weighted by atomic mass is 10.1. The average molecular weight is 469 g/mol. The van der Waals surface area contributed by atoms with Gasteiger partial charge in [0.25, 0.3) is 0 Å². The van der Waals surface area contributed by atoms with E-state index >= 15 is 0 Å². The van der Waals surface area contributed by atoms with Gasteiger partial charge in [0.15, 0.2) is 6.61 Å². The zero-order valence-corrected chi connectivity index (χ0v) is 19.3. The van der Waals surface area contributed by atoms with Crippen LogP contribution < -0.4 is 9.75 Å². The molecule has 0 bridgehead atoms. The van der Waals surface area contributed by atoms with Crippen molar-refractivity contribution in [2.24, 2.45) is 11.0 Å². The van der Waals surface area contributed by atoms with Gasteiger partial charge in [0.1, 0.15) is 5.75 Å². The molecule has 0 radical (unpaired) electrons. The van der Waals surface area contributed by atoms with E-state index in [1.165, 1.54) is 12.1 Å². The van der Waals surface area contributed by atoms with Crippen LogP contribution in [-0.4, -0.2) is 36.2 Å². The van der Waals surface area contributed by atoms with E-state index in [9.17, 15) is 18.0 Å². The molecular formula is C23H27F3N2O3S. The lowest BCUT2D eigenvalue weighted by Gasteiger charge is -2.19. The third kappa shape index (κ3) is 7.78. The smallest absolute Gasteiger partial charge is 0.416 e. The van der Waals surface area contributed by atoms with Crippen LogP contribution in [0.5, 0.6) is 5.75 Å². The number of thioether (sulfide) groups is 1. The van der Waals surface area contributed by atoms with Crippen molar-refractivity contribution < 1.29 is 27.8 Å². The second-order valence-corrected chi connectivity index (χ2v) is 8.69. The summed E-state index contributed by atoms with van der Waals surface area (Å²) in [5, 5.41) is 14.9. The highest BCUT2D eigenvalue weighted by Crippen LogP contribution is 2.31. The van der Waals surface area contributed by atoms with Crippen LogP contribution in [0.25, 0.3) is 0 Å². The van der Waals surface area contributed by atoms with Crippen LogP contribution in [0.3, 0.4) is 0 Å². The van der Waals surface area contributed by atoms with Crippen LogP contribution >= 0.6 is 11.8 Å². The van der Waals surface area contributed by atoms with Gasteiger partial charge in [-0.25, -0.2) is 4.79 Å². The fourth-order valence-electron chi connectivity index (χ4n) is 2.86. The molecule has 0 unspecified atom stereocenters. The molecule has 0 aliphatic carbocycles. The summed E-state index contributed by atoms with van der Waals surface area (Å²) in [5.41, 5.74) is 1.69. The molecule has 0 spiro atoms. The predicted molar refractivity (Wildman–Crippen MR) is 122 cm³/mol. The minimum Gasteiger partial charge on any atom is -0.482 e. The standard InChI is InChI=1S/C23H27F3N2O3S/c1-15(2)20(27-28(4)18-7-5-17(6-8-18)23(24,25)26)11-12-32-19-9-10-21(16(3)13-19)31-14-22(29)30/h5-10,13,15H,11-12,14H2,1-4H3,(H,29,30)/b27-20+. The predicted octanol–water partition coefficient (Wildman–Crippen LogP) is 6.11. The number of aryl methyl sites for hydroxylation is 1. The minimum absolute atomic E-state index is 0.182. The molecule has 9 heteroatoms. The number of hydrazone groups is 1. The second kappa shape index (κ2) is 11.3. The molecule has 0 aliphatic heterocycles. The zero-order chi connectivity index (χ0) is 23.9. The summed E-state index contributed by atoms with van der Waals surface area (Å²) >= 11 is 1.64. The molecule has 0 saturated carbocycles. The number of carboxylic acid groups (broad SMARTS) is 1. The Morgan fingerprint density at radius 3 is 2.38 bits per heavy atom. The monoisotopic (exact) mass is 468 g/mol. The van der Waals surface area contributed by atoms with Crippen molar-refractivity contribution >= 4 is 29.1 Å². The number of ether oxygens (including phenoxy) is 1. The molecule has 0 heterocycles. The van der Waals surface area contributed by atoms with Crippen molar-refractivity contribution in [3.05, 3.63) is 53.6 Å². The van der Waals surface area contributed by atoms with Gasteiger partial charge >= 0.3 is 12.1 Å². The Labute approximate surface area is 190 Å². The number of rotatable bonds is 10. The molecule has 2 aromatic carbocycles. The number of benzene rings is 2. The van der Waals surface area contributed by atoms with Gasteiger partial charge < -0.3 is 9.84 Å². The molecule has 0 aromatic heterocycles. The zero-order valence-electron chi connectivity index (χ0n) is 18.4. The average Bonchev–Trinajstić information content (AvgIpc) is 2.71. The first-order valence-corrected chi connectivity index (χ1v) is 11.0. The molecule has 0 aliphatic rings. The van der Waals surface area contributed by atoms with Gasteiger partial charge in [-0.3, -0.25) is 5.01 Å². The largest absolute Gasteiger partial charge is 0.482 e. The van der Waals surface area contributed by atoms with E-state index in [1.54, 1.807) is 29.9 Å². The normalized spacial score (nSPS) is 12.2. The Hall–Kier alpha value is -2.68. The second-order valence-electron chi connectivity index (χ2n) is 7.52. The summed E-state index contributed by atoms with van der Waals surface area (Å²) in [6, 6.07) is 10.5. The van der Waals surface area contributed by atoms with Crippen molar-refractivity contribution in [3.63, 3.8) is 0 Å². The summed E-state index contributed by atoms with van der Waals surface area (Å²) in [7, 11) is 1.72. The summed E-state index contributed by atoms with van der Waals surface area (Å²) in [4.78, 5) is 11.7. The fraction of sp³-hybridized carbons (Fsp3) is 0.391. The van der Waals surface area contributed by atoms with Gasteiger partial charge in [0.2, 0.25) is 0 Å². The van der Waals surface area contributed by atoms with Crippen molar-refractivity contribution in [1.82, 2.24) is 0 Å². The van der Waals surface area contributed by atoms with Crippen LogP contribution in [-0.2, 0) is 11.0 Å². The highest BCUT2D eigenvalue weighted by atomic mass is 32.2. The van der Waals surface area contributed by atoms with Gasteiger partial charge in [-0.1, -0.05) is 13.8 Å². The number of alkyl halides is 3. The summed E-state index contributed by atoms with van der Waals surface area (Å²) in [6.45, 7) is 5.54. The number of hydrogen-bond acceptors (Lipinski definition) is 5. The van der Waals surface area contributed by atoms with Crippen molar-refractivity contribution in [3.8, 4) is 5.75 Å². The third-order valence-electron chi connectivity index (χ3n) is 4.64. The molecule has 174 valence electrons. The number of aliphatic carboxylic acids is 1. The maximum Gasteiger partial charge on any atom is 0.416 e. The van der Waals surface area contributed by atoms with E-state index < -0.39 is 17.7 Å². The lowest BCUT2D eigenvalue weighted by molar-refractivity contribution is -0.139. The Bertz CT molecular complexity index is 944. The molecule has 0 atom stereocenters. The summed E-state index contributed by atoms with van der Waals surface area (Å²) in [6.07, 6.45) is -3.65. The van der Waals surface area contributed by atoms with Gasteiger partial charge in [-0.05, 0) is 67.3 Å². The number of hydrogen-bond donors (Lipinski definition) is 1. The Morgan fingerprint density at radius 1 is 1.19 bits per heavy atom.